The van der Waals surface area contributed by atoms with Crippen LogP contribution in [0.25, 0.3) is 0 Å². The minimum absolute atomic E-state index is 0.0417. The number of amides is 1. The molecule has 3 heteroatoms. The molecular weight excluding hydrogens is 286 g/mol. The average molecular weight is 311 g/mol. The van der Waals surface area contributed by atoms with Crippen LogP contribution in [0.15, 0.2) is 48.5 Å². The summed E-state index contributed by atoms with van der Waals surface area (Å²) in [6.45, 7) is 7.96. The Morgan fingerprint density at radius 2 is 1.83 bits per heavy atom. The molecule has 122 valence electrons. The van der Waals surface area contributed by atoms with Crippen molar-refractivity contribution in [3.05, 3.63) is 65.2 Å². The predicted octanol–water partition coefficient (Wildman–Crippen LogP) is 4.34. The van der Waals surface area contributed by atoms with E-state index in [4.69, 9.17) is 4.74 Å². The van der Waals surface area contributed by atoms with Gasteiger partial charge in [0, 0.05) is 0 Å². The van der Waals surface area contributed by atoms with Crippen molar-refractivity contribution in [2.24, 2.45) is 0 Å². The molecule has 0 heterocycles. The molecule has 2 aromatic rings. The van der Waals surface area contributed by atoms with Gasteiger partial charge in [0.25, 0.3) is 5.91 Å². The van der Waals surface area contributed by atoms with E-state index >= 15 is 0 Å². The summed E-state index contributed by atoms with van der Waals surface area (Å²) < 4.78 is 5.96. The maximum atomic E-state index is 12.5. The van der Waals surface area contributed by atoms with Crippen molar-refractivity contribution < 1.29 is 9.53 Å². The highest BCUT2D eigenvalue weighted by Gasteiger charge is 2.21. The first kappa shape index (κ1) is 17.1. The van der Waals surface area contributed by atoms with Crippen LogP contribution < -0.4 is 10.1 Å². The van der Waals surface area contributed by atoms with Crippen LogP contribution in [0.5, 0.6) is 5.75 Å². The molecule has 0 spiro atoms. The van der Waals surface area contributed by atoms with Gasteiger partial charge in [-0.15, -0.1) is 0 Å². The molecule has 2 aromatic carbocycles. The smallest absolute Gasteiger partial charge is 0.261 e. The number of hydrogen-bond acceptors (Lipinski definition) is 2. The maximum Gasteiger partial charge on any atom is 0.261 e. The fourth-order valence-electron chi connectivity index (χ4n) is 2.44. The lowest BCUT2D eigenvalue weighted by atomic mass is 10.1. The lowest BCUT2D eigenvalue weighted by molar-refractivity contribution is -0.128. The highest BCUT2D eigenvalue weighted by molar-refractivity contribution is 5.81. The Morgan fingerprint density at radius 1 is 1.13 bits per heavy atom. The van der Waals surface area contributed by atoms with E-state index in [1.54, 1.807) is 0 Å². The first-order valence-corrected chi connectivity index (χ1v) is 8.10. The van der Waals surface area contributed by atoms with Crippen molar-refractivity contribution in [3.63, 3.8) is 0 Å². The lowest BCUT2D eigenvalue weighted by Crippen LogP contribution is -2.39. The van der Waals surface area contributed by atoms with Gasteiger partial charge in [-0.05, 0) is 49.9 Å². The molecule has 0 aliphatic heterocycles. The molecule has 1 amide bonds. The summed E-state index contributed by atoms with van der Waals surface area (Å²) in [4.78, 5) is 12.5. The highest BCUT2D eigenvalue weighted by atomic mass is 16.5. The van der Waals surface area contributed by atoms with Crippen molar-refractivity contribution in [1.29, 1.82) is 0 Å². The highest BCUT2D eigenvalue weighted by Crippen LogP contribution is 2.21. The minimum atomic E-state index is -0.485. The zero-order valence-electron chi connectivity index (χ0n) is 14.3. The molecule has 0 radical (unpaired) electrons. The SMILES string of the molecule is CCC(Oc1cc(C)ccc1C)C(=O)NC(C)c1ccccc1. The van der Waals surface area contributed by atoms with E-state index in [0.717, 1.165) is 22.4 Å². The van der Waals surface area contributed by atoms with Crippen LogP contribution in [0, 0.1) is 13.8 Å². The van der Waals surface area contributed by atoms with Gasteiger partial charge in [0.2, 0.25) is 0 Å². The van der Waals surface area contributed by atoms with Gasteiger partial charge in [0.05, 0.1) is 6.04 Å². The topological polar surface area (TPSA) is 38.3 Å². The Hall–Kier alpha value is -2.29. The van der Waals surface area contributed by atoms with Gasteiger partial charge in [-0.1, -0.05) is 49.4 Å². The zero-order valence-corrected chi connectivity index (χ0v) is 14.3. The fourth-order valence-corrected chi connectivity index (χ4v) is 2.44. The van der Waals surface area contributed by atoms with Gasteiger partial charge in [0.1, 0.15) is 5.75 Å². The van der Waals surface area contributed by atoms with Crippen LogP contribution in [0.1, 0.15) is 43.0 Å². The van der Waals surface area contributed by atoms with Gasteiger partial charge in [-0.25, -0.2) is 0 Å². The Labute approximate surface area is 138 Å². The summed E-state index contributed by atoms with van der Waals surface area (Å²) in [7, 11) is 0. The Kier molecular flexibility index (Phi) is 5.80. The molecule has 3 nitrogen and oxygen atoms in total. The van der Waals surface area contributed by atoms with E-state index in [1.807, 2.05) is 76.2 Å². The summed E-state index contributed by atoms with van der Waals surface area (Å²) in [5.74, 6) is 0.698. The summed E-state index contributed by atoms with van der Waals surface area (Å²) in [6, 6.07) is 15.9. The quantitative estimate of drug-likeness (QED) is 0.862. The van der Waals surface area contributed by atoms with Gasteiger partial charge in [-0.2, -0.15) is 0 Å². The van der Waals surface area contributed by atoms with Crippen LogP contribution in [0.4, 0.5) is 0 Å². The number of benzene rings is 2. The van der Waals surface area contributed by atoms with Crippen LogP contribution >= 0.6 is 0 Å². The van der Waals surface area contributed by atoms with E-state index in [2.05, 4.69) is 5.32 Å². The molecule has 2 rings (SSSR count). The summed E-state index contributed by atoms with van der Waals surface area (Å²) in [5.41, 5.74) is 3.25. The lowest BCUT2D eigenvalue weighted by Gasteiger charge is -2.21. The number of hydrogen-bond donors (Lipinski definition) is 1. The third-order valence-electron chi connectivity index (χ3n) is 3.93. The summed E-state index contributed by atoms with van der Waals surface area (Å²) in [5, 5.41) is 3.04. The number of carbonyl (C=O) groups is 1. The normalized spacial score (nSPS) is 13.2. The monoisotopic (exact) mass is 311 g/mol. The van der Waals surface area contributed by atoms with Crippen LogP contribution in [-0.2, 0) is 4.79 Å². The van der Waals surface area contributed by atoms with Crippen molar-refractivity contribution in [1.82, 2.24) is 5.32 Å². The Balaban J connectivity index is 2.05. The third-order valence-corrected chi connectivity index (χ3v) is 3.93. The summed E-state index contributed by atoms with van der Waals surface area (Å²) >= 11 is 0. The molecule has 0 bridgehead atoms. The molecule has 0 saturated heterocycles. The second kappa shape index (κ2) is 7.82. The second-order valence-electron chi connectivity index (χ2n) is 5.92. The third kappa shape index (κ3) is 4.59. The minimum Gasteiger partial charge on any atom is -0.480 e. The maximum absolute atomic E-state index is 12.5. The standard InChI is InChI=1S/C20H25NO2/c1-5-18(23-19-13-14(2)11-12-15(19)3)20(22)21-16(4)17-9-7-6-8-10-17/h6-13,16,18H,5H2,1-4H3,(H,21,22). The Morgan fingerprint density at radius 3 is 2.48 bits per heavy atom. The molecule has 2 atom stereocenters. The van der Waals surface area contributed by atoms with E-state index in [9.17, 15) is 4.79 Å². The number of carbonyl (C=O) groups excluding carboxylic acids is 1. The number of ether oxygens (including phenoxy) is 1. The van der Waals surface area contributed by atoms with E-state index in [-0.39, 0.29) is 11.9 Å². The molecule has 1 N–H and O–H groups in total. The molecule has 23 heavy (non-hydrogen) atoms. The number of rotatable bonds is 6. The van der Waals surface area contributed by atoms with E-state index in [0.29, 0.717) is 6.42 Å². The van der Waals surface area contributed by atoms with Crippen LogP contribution in [-0.4, -0.2) is 12.0 Å². The molecule has 0 fully saturated rings. The van der Waals surface area contributed by atoms with Crippen molar-refractivity contribution in [2.75, 3.05) is 0 Å². The van der Waals surface area contributed by atoms with Gasteiger partial charge in [-0.3, -0.25) is 4.79 Å². The molecule has 0 aromatic heterocycles. The van der Waals surface area contributed by atoms with Gasteiger partial charge >= 0.3 is 0 Å². The molecular formula is C20H25NO2. The molecule has 2 unspecified atom stereocenters. The van der Waals surface area contributed by atoms with Gasteiger partial charge in [0.15, 0.2) is 6.10 Å². The summed E-state index contributed by atoms with van der Waals surface area (Å²) in [6.07, 6.45) is 0.141. The van der Waals surface area contributed by atoms with Crippen molar-refractivity contribution >= 4 is 5.91 Å². The van der Waals surface area contributed by atoms with Crippen molar-refractivity contribution in [3.8, 4) is 5.75 Å². The number of aryl methyl sites for hydroxylation is 2. The van der Waals surface area contributed by atoms with E-state index < -0.39 is 6.10 Å². The predicted molar refractivity (Wildman–Crippen MR) is 93.6 cm³/mol. The second-order valence-corrected chi connectivity index (χ2v) is 5.92. The van der Waals surface area contributed by atoms with Crippen LogP contribution in [0.2, 0.25) is 0 Å². The average Bonchev–Trinajstić information content (AvgIpc) is 2.56. The van der Waals surface area contributed by atoms with E-state index in [1.165, 1.54) is 0 Å². The fraction of sp³-hybridized carbons (Fsp3) is 0.350. The van der Waals surface area contributed by atoms with Crippen LogP contribution in [0.3, 0.4) is 0 Å². The molecule has 0 aliphatic carbocycles. The van der Waals surface area contributed by atoms with Gasteiger partial charge < -0.3 is 10.1 Å². The zero-order chi connectivity index (χ0) is 16.8. The largest absolute Gasteiger partial charge is 0.480 e. The number of nitrogens with one attached hydrogen (secondary N) is 1. The molecule has 0 saturated carbocycles. The first-order chi connectivity index (χ1) is 11.0. The molecule has 0 aliphatic rings. The first-order valence-electron chi connectivity index (χ1n) is 8.10. The Bertz CT molecular complexity index is 652. The van der Waals surface area contributed by atoms with Crippen molar-refractivity contribution in [2.45, 2.75) is 46.3 Å².